The summed E-state index contributed by atoms with van der Waals surface area (Å²) < 4.78 is 0. The molecule has 0 aliphatic carbocycles. The Balaban J connectivity index is 4.00. The number of rotatable bonds is 15. The fraction of sp³-hybridized carbons (Fsp3) is 0.630. The van der Waals surface area contributed by atoms with E-state index in [2.05, 4.69) is 71.9 Å². The fourth-order valence-electron chi connectivity index (χ4n) is 3.11. The maximum atomic E-state index is 8.86. The molecule has 1 nitrogen and oxygen atoms in total. The van der Waals surface area contributed by atoms with Crippen molar-refractivity contribution in [2.24, 2.45) is 0 Å². The summed E-state index contributed by atoms with van der Waals surface area (Å²) in [7, 11) is 0. The van der Waals surface area contributed by atoms with Crippen LogP contribution in [0, 0.1) is 0 Å². The lowest BCUT2D eigenvalue weighted by Crippen LogP contribution is -1.85. The van der Waals surface area contributed by atoms with Gasteiger partial charge in [0.05, 0.1) is 0 Å². The van der Waals surface area contributed by atoms with Gasteiger partial charge in [-0.2, -0.15) is 0 Å². The van der Waals surface area contributed by atoms with Gasteiger partial charge in [-0.05, 0) is 106 Å². The molecule has 0 aromatic heterocycles. The van der Waals surface area contributed by atoms with Gasteiger partial charge in [0.15, 0.2) is 0 Å². The van der Waals surface area contributed by atoms with E-state index in [1.54, 1.807) is 0 Å². The second-order valence-corrected chi connectivity index (χ2v) is 8.50. The third kappa shape index (κ3) is 18.0. The first kappa shape index (κ1) is 26.7. The highest BCUT2D eigenvalue weighted by atomic mass is 16.2. The molecule has 0 aromatic carbocycles. The topological polar surface area (TPSA) is 20.2 Å². The van der Waals surface area contributed by atoms with Crippen LogP contribution in [0.15, 0.2) is 58.2 Å². The normalized spacial score (nSPS) is 13.8. The van der Waals surface area contributed by atoms with Crippen molar-refractivity contribution in [1.82, 2.24) is 0 Å². The molecule has 0 heterocycles. The Labute approximate surface area is 176 Å². The number of allylic oxidation sites excluding steroid dienone is 10. The molecule has 0 saturated carbocycles. The predicted octanol–water partition coefficient (Wildman–Crippen LogP) is 8.63. The minimum Gasteiger partial charge on any atom is -0.396 e. The summed E-state index contributed by atoms with van der Waals surface area (Å²) in [5.41, 5.74) is 7.35. The summed E-state index contributed by atoms with van der Waals surface area (Å²) in [6.45, 7) is 13.6. The molecule has 0 bridgehead atoms. The van der Waals surface area contributed by atoms with Crippen molar-refractivity contribution in [3.63, 3.8) is 0 Å². The van der Waals surface area contributed by atoms with Crippen LogP contribution >= 0.6 is 0 Å². The van der Waals surface area contributed by atoms with Gasteiger partial charge < -0.3 is 5.11 Å². The van der Waals surface area contributed by atoms with Crippen LogP contribution in [0.1, 0.15) is 106 Å². The van der Waals surface area contributed by atoms with Gasteiger partial charge in [0.2, 0.25) is 0 Å². The van der Waals surface area contributed by atoms with Gasteiger partial charge >= 0.3 is 0 Å². The highest BCUT2D eigenvalue weighted by Gasteiger charge is 1.94. The van der Waals surface area contributed by atoms with Gasteiger partial charge in [-0.3, -0.25) is 0 Å². The third-order valence-electron chi connectivity index (χ3n) is 5.04. The molecule has 0 fully saturated rings. The van der Waals surface area contributed by atoms with Gasteiger partial charge in [0.1, 0.15) is 0 Å². The molecule has 0 aliphatic heterocycles. The Morgan fingerprint density at radius 2 is 0.857 bits per heavy atom. The Morgan fingerprint density at radius 1 is 0.500 bits per heavy atom. The lowest BCUT2D eigenvalue weighted by Gasteiger charge is -2.02. The summed E-state index contributed by atoms with van der Waals surface area (Å²) in [5, 5.41) is 8.86. The van der Waals surface area contributed by atoms with Crippen molar-refractivity contribution in [2.45, 2.75) is 106 Å². The van der Waals surface area contributed by atoms with E-state index >= 15 is 0 Å². The molecular weight excluding hydrogens is 340 g/mol. The van der Waals surface area contributed by atoms with Gasteiger partial charge in [-0.25, -0.2) is 0 Å². The molecule has 1 N–H and O–H groups in total. The standard InChI is InChI=1S/C27H46O/c1-23(2)13-9-16-26(5)19-10-17-24(3)14-7-8-15-25(4)18-11-20-27(6)21-12-22-28/h13-15,19-20,28H,7-12,16-18,21-22H2,1-6H3/b24-14+,25-15+,26-19+,27-20+. The zero-order valence-corrected chi connectivity index (χ0v) is 19.6. The van der Waals surface area contributed by atoms with Crippen molar-refractivity contribution in [1.29, 1.82) is 0 Å². The Bertz CT molecular complexity index is 551. The molecule has 0 amide bonds. The first-order chi connectivity index (χ1) is 13.3. The SMILES string of the molecule is CC(C)=CCC/C(C)=C/CC/C(C)=C/CC/C=C(\C)CC/C=C(\C)CCCO. The summed E-state index contributed by atoms with van der Waals surface area (Å²) in [6.07, 6.45) is 23.0. The molecular formula is C27H46O. The van der Waals surface area contributed by atoms with Crippen molar-refractivity contribution in [3.05, 3.63) is 58.2 Å². The van der Waals surface area contributed by atoms with E-state index in [0.29, 0.717) is 6.61 Å². The van der Waals surface area contributed by atoms with Gasteiger partial charge in [0.25, 0.3) is 0 Å². The molecule has 0 unspecified atom stereocenters. The van der Waals surface area contributed by atoms with Gasteiger partial charge in [0, 0.05) is 6.61 Å². The average molecular weight is 387 g/mol. The van der Waals surface area contributed by atoms with Crippen molar-refractivity contribution in [2.75, 3.05) is 6.61 Å². The zero-order valence-electron chi connectivity index (χ0n) is 19.6. The van der Waals surface area contributed by atoms with Crippen molar-refractivity contribution < 1.29 is 5.11 Å². The molecule has 0 aromatic rings. The Morgan fingerprint density at radius 3 is 1.25 bits per heavy atom. The van der Waals surface area contributed by atoms with Crippen LogP contribution in [0.5, 0.6) is 0 Å². The van der Waals surface area contributed by atoms with Crippen LogP contribution in [-0.4, -0.2) is 11.7 Å². The largest absolute Gasteiger partial charge is 0.396 e. The smallest absolute Gasteiger partial charge is 0.0434 e. The molecule has 0 radical (unpaired) electrons. The van der Waals surface area contributed by atoms with E-state index in [4.69, 9.17) is 5.11 Å². The molecule has 0 aliphatic rings. The van der Waals surface area contributed by atoms with Crippen molar-refractivity contribution >= 4 is 0 Å². The molecule has 0 rings (SSSR count). The minimum absolute atomic E-state index is 0.295. The lowest BCUT2D eigenvalue weighted by molar-refractivity contribution is 0.288. The summed E-state index contributed by atoms with van der Waals surface area (Å²) in [4.78, 5) is 0. The maximum Gasteiger partial charge on any atom is 0.0434 e. The molecule has 0 saturated heterocycles. The van der Waals surface area contributed by atoms with Crippen LogP contribution in [0.4, 0.5) is 0 Å². The number of hydrogen-bond acceptors (Lipinski definition) is 1. The molecule has 160 valence electrons. The molecule has 1 heteroatoms. The highest BCUT2D eigenvalue weighted by Crippen LogP contribution is 2.14. The maximum absolute atomic E-state index is 8.86. The second kappa shape index (κ2) is 17.7. The molecule has 28 heavy (non-hydrogen) atoms. The van der Waals surface area contributed by atoms with Crippen LogP contribution in [0.25, 0.3) is 0 Å². The average Bonchev–Trinajstić information content (AvgIpc) is 2.63. The third-order valence-corrected chi connectivity index (χ3v) is 5.04. The van der Waals surface area contributed by atoms with Gasteiger partial charge in [-0.1, -0.05) is 58.2 Å². The van der Waals surface area contributed by atoms with Crippen LogP contribution in [0.2, 0.25) is 0 Å². The monoisotopic (exact) mass is 386 g/mol. The van der Waals surface area contributed by atoms with E-state index < -0.39 is 0 Å². The number of aliphatic hydroxyl groups is 1. The summed E-state index contributed by atoms with van der Waals surface area (Å²) in [6, 6.07) is 0. The van der Waals surface area contributed by atoms with Crippen LogP contribution in [0.3, 0.4) is 0 Å². The highest BCUT2D eigenvalue weighted by molar-refractivity contribution is 5.07. The first-order valence-electron chi connectivity index (χ1n) is 11.2. The predicted molar refractivity (Wildman–Crippen MR) is 128 cm³/mol. The summed E-state index contributed by atoms with van der Waals surface area (Å²) >= 11 is 0. The number of unbranched alkanes of at least 4 members (excludes halogenated alkanes) is 1. The van der Waals surface area contributed by atoms with E-state index in [9.17, 15) is 0 Å². The van der Waals surface area contributed by atoms with Crippen LogP contribution < -0.4 is 0 Å². The number of aliphatic hydroxyl groups excluding tert-OH is 1. The quantitative estimate of drug-likeness (QED) is 0.220. The van der Waals surface area contributed by atoms with Crippen molar-refractivity contribution in [3.8, 4) is 0 Å². The Hall–Kier alpha value is -1.34. The van der Waals surface area contributed by atoms with E-state index in [-0.39, 0.29) is 0 Å². The van der Waals surface area contributed by atoms with E-state index in [1.807, 2.05) is 0 Å². The van der Waals surface area contributed by atoms with E-state index in [1.165, 1.54) is 53.5 Å². The zero-order chi connectivity index (χ0) is 21.2. The summed E-state index contributed by atoms with van der Waals surface area (Å²) in [5.74, 6) is 0. The Kier molecular flexibility index (Phi) is 16.9. The first-order valence-corrected chi connectivity index (χ1v) is 11.2. The molecule has 0 atom stereocenters. The second-order valence-electron chi connectivity index (χ2n) is 8.50. The van der Waals surface area contributed by atoms with E-state index in [0.717, 1.165) is 38.5 Å². The van der Waals surface area contributed by atoms with Gasteiger partial charge in [-0.15, -0.1) is 0 Å². The minimum atomic E-state index is 0.295. The fourth-order valence-corrected chi connectivity index (χ4v) is 3.11. The van der Waals surface area contributed by atoms with Crippen LogP contribution in [-0.2, 0) is 0 Å². The lowest BCUT2D eigenvalue weighted by atomic mass is 10.0. The number of hydrogen-bond donors (Lipinski definition) is 1. The molecule has 0 spiro atoms.